The first-order valence-electron chi connectivity index (χ1n) is 4.88. The molecule has 0 amide bonds. The Hall–Kier alpha value is -0.870. The van der Waals surface area contributed by atoms with Crippen LogP contribution in [-0.4, -0.2) is 34.7 Å². The van der Waals surface area contributed by atoms with E-state index in [4.69, 9.17) is 4.74 Å². The summed E-state index contributed by atoms with van der Waals surface area (Å²) >= 11 is 0. The highest BCUT2D eigenvalue weighted by atomic mass is 16.5. The lowest BCUT2D eigenvalue weighted by Gasteiger charge is -2.09. The maximum atomic E-state index is 9.56. The lowest BCUT2D eigenvalue weighted by Crippen LogP contribution is -2.12. The third kappa shape index (κ3) is 3.47. The Bertz CT molecular complexity index is 260. The topological polar surface area (TPSA) is 47.3 Å². The lowest BCUT2D eigenvalue weighted by molar-refractivity contribution is 0.104. The van der Waals surface area contributed by atoms with Crippen molar-refractivity contribution in [3.63, 3.8) is 0 Å². The Labute approximate surface area is 84.5 Å². The predicted octanol–water partition coefficient (Wildman–Crippen LogP) is 0.750. The number of aliphatic hydroxyl groups is 1. The highest BCUT2D eigenvalue weighted by molar-refractivity contribution is 4.99. The standard InChI is InChI=1S/C10H18N2O2/c1-12-9(5-7-11-12)3-4-10(13)6-8-14-2/h5,7,10,13H,3-4,6,8H2,1-2H3. The zero-order valence-corrected chi connectivity index (χ0v) is 8.81. The maximum Gasteiger partial charge on any atom is 0.0565 e. The molecule has 0 saturated carbocycles. The quantitative estimate of drug-likeness (QED) is 0.733. The molecule has 1 rings (SSSR count). The largest absolute Gasteiger partial charge is 0.393 e. The van der Waals surface area contributed by atoms with E-state index in [-0.39, 0.29) is 6.10 Å². The average molecular weight is 198 g/mol. The van der Waals surface area contributed by atoms with Crippen LogP contribution in [0.15, 0.2) is 12.3 Å². The second kappa shape index (κ2) is 5.78. The van der Waals surface area contributed by atoms with Crippen molar-refractivity contribution in [1.82, 2.24) is 9.78 Å². The first-order chi connectivity index (χ1) is 6.74. The van der Waals surface area contributed by atoms with Gasteiger partial charge in [-0.05, 0) is 25.3 Å². The van der Waals surface area contributed by atoms with Crippen LogP contribution in [0.3, 0.4) is 0 Å². The highest BCUT2D eigenvalue weighted by Gasteiger charge is 2.05. The predicted molar refractivity (Wildman–Crippen MR) is 54.0 cm³/mol. The molecule has 14 heavy (non-hydrogen) atoms. The van der Waals surface area contributed by atoms with Crippen molar-refractivity contribution in [2.75, 3.05) is 13.7 Å². The van der Waals surface area contributed by atoms with Crippen LogP contribution in [0.1, 0.15) is 18.5 Å². The number of aliphatic hydroxyl groups excluding tert-OH is 1. The summed E-state index contributed by atoms with van der Waals surface area (Å²) in [6.07, 6.45) is 3.83. The van der Waals surface area contributed by atoms with Gasteiger partial charge in [0.25, 0.3) is 0 Å². The molecule has 80 valence electrons. The van der Waals surface area contributed by atoms with Gasteiger partial charge in [0.05, 0.1) is 6.10 Å². The number of aryl methyl sites for hydroxylation is 2. The molecule has 0 aliphatic heterocycles. The van der Waals surface area contributed by atoms with Crippen molar-refractivity contribution < 1.29 is 9.84 Å². The fourth-order valence-corrected chi connectivity index (χ4v) is 1.36. The second-order valence-corrected chi connectivity index (χ2v) is 3.42. The summed E-state index contributed by atoms with van der Waals surface area (Å²) in [5, 5.41) is 13.6. The van der Waals surface area contributed by atoms with E-state index in [1.54, 1.807) is 13.3 Å². The van der Waals surface area contributed by atoms with Crippen LogP contribution in [0.2, 0.25) is 0 Å². The number of aromatic nitrogens is 2. The molecule has 0 saturated heterocycles. The van der Waals surface area contributed by atoms with Gasteiger partial charge in [0.15, 0.2) is 0 Å². The molecule has 0 aliphatic rings. The van der Waals surface area contributed by atoms with E-state index in [2.05, 4.69) is 5.10 Å². The van der Waals surface area contributed by atoms with Gasteiger partial charge in [-0.1, -0.05) is 0 Å². The van der Waals surface area contributed by atoms with Crippen molar-refractivity contribution >= 4 is 0 Å². The Morgan fingerprint density at radius 3 is 2.93 bits per heavy atom. The number of hydrogen-bond acceptors (Lipinski definition) is 3. The average Bonchev–Trinajstić information content (AvgIpc) is 2.58. The third-order valence-electron chi connectivity index (χ3n) is 2.31. The van der Waals surface area contributed by atoms with Crippen molar-refractivity contribution in [3.8, 4) is 0 Å². The van der Waals surface area contributed by atoms with Gasteiger partial charge in [-0.2, -0.15) is 5.10 Å². The molecule has 4 nitrogen and oxygen atoms in total. The molecule has 1 atom stereocenters. The first kappa shape index (κ1) is 11.2. The van der Waals surface area contributed by atoms with Crippen LogP contribution >= 0.6 is 0 Å². The highest BCUT2D eigenvalue weighted by Crippen LogP contribution is 2.06. The Morgan fingerprint density at radius 1 is 1.57 bits per heavy atom. The molecular weight excluding hydrogens is 180 g/mol. The minimum absolute atomic E-state index is 0.273. The smallest absolute Gasteiger partial charge is 0.0565 e. The summed E-state index contributed by atoms with van der Waals surface area (Å²) in [6.45, 7) is 0.618. The summed E-state index contributed by atoms with van der Waals surface area (Å²) < 4.78 is 6.73. The molecule has 4 heteroatoms. The van der Waals surface area contributed by atoms with Crippen molar-refractivity contribution in [2.24, 2.45) is 7.05 Å². The van der Waals surface area contributed by atoms with Gasteiger partial charge in [-0.3, -0.25) is 4.68 Å². The minimum Gasteiger partial charge on any atom is -0.393 e. The van der Waals surface area contributed by atoms with Crippen LogP contribution in [0.4, 0.5) is 0 Å². The van der Waals surface area contributed by atoms with E-state index in [0.717, 1.165) is 18.5 Å². The molecule has 1 N–H and O–H groups in total. The molecule has 0 radical (unpaired) electrons. The van der Waals surface area contributed by atoms with E-state index in [1.807, 2.05) is 17.8 Å². The summed E-state index contributed by atoms with van der Waals surface area (Å²) in [7, 11) is 3.56. The SMILES string of the molecule is COCCC(O)CCc1ccnn1C. The van der Waals surface area contributed by atoms with Gasteiger partial charge in [-0.15, -0.1) is 0 Å². The minimum atomic E-state index is -0.273. The Kier molecular flexibility index (Phi) is 4.62. The Morgan fingerprint density at radius 2 is 2.36 bits per heavy atom. The monoisotopic (exact) mass is 198 g/mol. The molecule has 0 aromatic carbocycles. The number of ether oxygens (including phenoxy) is 1. The van der Waals surface area contributed by atoms with Crippen molar-refractivity contribution in [2.45, 2.75) is 25.4 Å². The fraction of sp³-hybridized carbons (Fsp3) is 0.700. The van der Waals surface area contributed by atoms with E-state index in [1.165, 1.54) is 0 Å². The van der Waals surface area contributed by atoms with Gasteiger partial charge >= 0.3 is 0 Å². The van der Waals surface area contributed by atoms with Crippen LogP contribution in [0.25, 0.3) is 0 Å². The first-order valence-corrected chi connectivity index (χ1v) is 4.88. The molecule has 1 unspecified atom stereocenters. The van der Waals surface area contributed by atoms with Crippen molar-refractivity contribution in [3.05, 3.63) is 18.0 Å². The molecule has 0 aliphatic carbocycles. The van der Waals surface area contributed by atoms with E-state index in [9.17, 15) is 5.11 Å². The van der Waals surface area contributed by atoms with Gasteiger partial charge < -0.3 is 9.84 Å². The number of hydrogen-bond donors (Lipinski definition) is 1. The van der Waals surface area contributed by atoms with Crippen LogP contribution in [-0.2, 0) is 18.2 Å². The van der Waals surface area contributed by atoms with Crippen LogP contribution in [0.5, 0.6) is 0 Å². The molecule has 1 heterocycles. The number of methoxy groups -OCH3 is 1. The number of nitrogens with zero attached hydrogens (tertiary/aromatic N) is 2. The second-order valence-electron chi connectivity index (χ2n) is 3.42. The third-order valence-corrected chi connectivity index (χ3v) is 2.31. The Balaban J connectivity index is 2.23. The molecule has 0 bridgehead atoms. The molecule has 1 aromatic rings. The summed E-state index contributed by atoms with van der Waals surface area (Å²) in [5.41, 5.74) is 1.15. The summed E-state index contributed by atoms with van der Waals surface area (Å²) in [4.78, 5) is 0. The molecular formula is C10H18N2O2. The normalized spacial score (nSPS) is 13.1. The maximum absolute atomic E-state index is 9.56. The fourth-order valence-electron chi connectivity index (χ4n) is 1.36. The number of rotatable bonds is 6. The molecule has 1 aromatic heterocycles. The van der Waals surface area contributed by atoms with Crippen molar-refractivity contribution in [1.29, 1.82) is 0 Å². The van der Waals surface area contributed by atoms with Gasteiger partial charge in [0.1, 0.15) is 0 Å². The van der Waals surface area contributed by atoms with Gasteiger partial charge in [0.2, 0.25) is 0 Å². The zero-order chi connectivity index (χ0) is 10.4. The molecule has 0 fully saturated rings. The van der Waals surface area contributed by atoms with Crippen LogP contribution in [0, 0.1) is 0 Å². The van der Waals surface area contributed by atoms with Gasteiger partial charge in [0, 0.05) is 32.7 Å². The van der Waals surface area contributed by atoms with Gasteiger partial charge in [-0.25, -0.2) is 0 Å². The summed E-state index contributed by atoms with van der Waals surface area (Å²) in [6, 6.07) is 1.98. The zero-order valence-electron chi connectivity index (χ0n) is 8.81. The van der Waals surface area contributed by atoms with E-state index < -0.39 is 0 Å². The van der Waals surface area contributed by atoms with E-state index >= 15 is 0 Å². The molecule has 0 spiro atoms. The lowest BCUT2D eigenvalue weighted by atomic mass is 10.1. The van der Waals surface area contributed by atoms with Crippen LogP contribution < -0.4 is 0 Å². The summed E-state index contributed by atoms with van der Waals surface area (Å²) in [5.74, 6) is 0. The van der Waals surface area contributed by atoms with E-state index in [0.29, 0.717) is 13.0 Å².